The van der Waals surface area contributed by atoms with Crippen LogP contribution >= 0.6 is 0 Å². The predicted molar refractivity (Wildman–Crippen MR) is 93.7 cm³/mol. The molecule has 2 aromatic rings. The van der Waals surface area contributed by atoms with Crippen molar-refractivity contribution in [1.82, 2.24) is 0 Å². The Labute approximate surface area is 152 Å². The van der Waals surface area contributed by atoms with Gasteiger partial charge in [0, 0.05) is 12.3 Å². The fourth-order valence-corrected chi connectivity index (χ4v) is 3.71. The largest absolute Gasteiger partial charge is 0.460 e. The lowest BCUT2D eigenvalue weighted by molar-refractivity contribution is -0.388. The van der Waals surface area contributed by atoms with Crippen LogP contribution in [-0.2, 0) is 36.8 Å². The van der Waals surface area contributed by atoms with E-state index in [0.29, 0.717) is 0 Å². The van der Waals surface area contributed by atoms with Gasteiger partial charge in [0.05, 0.1) is 20.6 Å². The fraction of sp³-hybridized carbons (Fsp3) is 0.188. The van der Waals surface area contributed by atoms with Crippen molar-refractivity contribution in [1.29, 1.82) is 0 Å². The van der Waals surface area contributed by atoms with E-state index in [9.17, 15) is 27.5 Å². The molecule has 0 saturated heterocycles. The highest BCUT2D eigenvalue weighted by Gasteiger charge is 2.24. The van der Waals surface area contributed by atoms with Gasteiger partial charge in [-0.15, -0.1) is 0 Å². The van der Waals surface area contributed by atoms with Crippen LogP contribution in [0.1, 0.15) is 5.56 Å². The Bertz CT molecular complexity index is 956. The standard InChI is InChI=1S/C16H15NO7S2/c1-26(22,23)13-7-8-15(14(9-13)17(19)20)25(21)11-16(18)24-10-12-5-3-2-4-6-12/h2-9H,10-11H2,1H3/t25-/m0/s1. The van der Waals surface area contributed by atoms with Crippen LogP contribution in [0, 0.1) is 10.1 Å². The smallest absolute Gasteiger partial charge is 0.319 e. The van der Waals surface area contributed by atoms with E-state index in [1.165, 1.54) is 0 Å². The maximum absolute atomic E-state index is 12.3. The van der Waals surface area contributed by atoms with Crippen LogP contribution in [-0.4, -0.2) is 35.5 Å². The zero-order valence-corrected chi connectivity index (χ0v) is 15.3. The molecule has 0 aromatic heterocycles. The summed E-state index contributed by atoms with van der Waals surface area (Å²) in [6.45, 7) is -0.00795. The molecule has 26 heavy (non-hydrogen) atoms. The molecule has 0 N–H and O–H groups in total. The number of ether oxygens (including phenoxy) is 1. The Morgan fingerprint density at radius 2 is 1.85 bits per heavy atom. The van der Waals surface area contributed by atoms with E-state index >= 15 is 0 Å². The number of carbonyl (C=O) groups is 1. The molecule has 0 fully saturated rings. The summed E-state index contributed by atoms with van der Waals surface area (Å²) in [6, 6.07) is 11.9. The predicted octanol–water partition coefficient (Wildman–Crippen LogP) is 1.85. The number of nitro benzene ring substituents is 1. The van der Waals surface area contributed by atoms with Crippen molar-refractivity contribution in [2.24, 2.45) is 0 Å². The first kappa shape index (κ1) is 19.7. The highest BCUT2D eigenvalue weighted by Crippen LogP contribution is 2.26. The quantitative estimate of drug-likeness (QED) is 0.397. The number of nitro groups is 1. The van der Waals surface area contributed by atoms with Crippen molar-refractivity contribution < 1.29 is 27.1 Å². The van der Waals surface area contributed by atoms with Crippen LogP contribution in [0.2, 0.25) is 0 Å². The van der Waals surface area contributed by atoms with E-state index in [1.54, 1.807) is 30.3 Å². The SMILES string of the molecule is CS(=O)(=O)c1ccc([S@@](=O)CC(=O)OCc2ccccc2)c([N+](=O)[O-])c1. The van der Waals surface area contributed by atoms with Gasteiger partial charge in [0.1, 0.15) is 17.3 Å². The van der Waals surface area contributed by atoms with Crippen molar-refractivity contribution in [3.63, 3.8) is 0 Å². The molecular weight excluding hydrogens is 382 g/mol. The Hall–Kier alpha value is -2.59. The number of benzene rings is 2. The summed E-state index contributed by atoms with van der Waals surface area (Å²) >= 11 is 0. The lowest BCUT2D eigenvalue weighted by atomic mass is 10.2. The maximum Gasteiger partial charge on any atom is 0.319 e. The molecule has 10 heteroatoms. The van der Waals surface area contributed by atoms with Crippen LogP contribution in [0.3, 0.4) is 0 Å². The van der Waals surface area contributed by atoms with Gasteiger partial charge in [0.25, 0.3) is 5.69 Å². The van der Waals surface area contributed by atoms with Gasteiger partial charge < -0.3 is 4.74 Å². The average Bonchev–Trinajstić information content (AvgIpc) is 2.59. The number of hydrogen-bond donors (Lipinski definition) is 0. The van der Waals surface area contributed by atoms with E-state index in [2.05, 4.69) is 0 Å². The van der Waals surface area contributed by atoms with Gasteiger partial charge in [-0.1, -0.05) is 30.3 Å². The summed E-state index contributed by atoms with van der Waals surface area (Å²) in [5, 5.41) is 11.2. The average molecular weight is 397 g/mol. The van der Waals surface area contributed by atoms with Crippen molar-refractivity contribution in [2.75, 3.05) is 12.0 Å². The van der Waals surface area contributed by atoms with Gasteiger partial charge in [-0.05, 0) is 17.7 Å². The molecule has 0 unspecified atom stereocenters. The minimum Gasteiger partial charge on any atom is -0.460 e. The van der Waals surface area contributed by atoms with E-state index in [-0.39, 0.29) is 16.4 Å². The van der Waals surface area contributed by atoms with E-state index in [0.717, 1.165) is 30.0 Å². The minimum absolute atomic E-state index is 0.00795. The number of esters is 1. The number of sulfone groups is 1. The third-order valence-electron chi connectivity index (χ3n) is 3.29. The first-order valence-electron chi connectivity index (χ1n) is 7.25. The van der Waals surface area contributed by atoms with Crippen LogP contribution in [0.5, 0.6) is 0 Å². The van der Waals surface area contributed by atoms with Crippen molar-refractivity contribution in [3.05, 3.63) is 64.2 Å². The third kappa shape index (κ3) is 5.20. The zero-order valence-electron chi connectivity index (χ0n) is 13.7. The molecule has 0 aliphatic rings. The number of nitrogens with zero attached hydrogens (tertiary/aromatic N) is 1. The summed E-state index contributed by atoms with van der Waals surface area (Å²) in [5.74, 6) is -1.36. The molecule has 0 aliphatic heterocycles. The lowest BCUT2D eigenvalue weighted by Crippen LogP contribution is -2.15. The summed E-state index contributed by atoms with van der Waals surface area (Å²) in [5.41, 5.74) is 0.122. The second-order valence-corrected chi connectivity index (χ2v) is 8.73. The van der Waals surface area contributed by atoms with Crippen molar-refractivity contribution >= 4 is 32.3 Å². The van der Waals surface area contributed by atoms with Crippen molar-refractivity contribution in [2.45, 2.75) is 16.4 Å². The lowest BCUT2D eigenvalue weighted by Gasteiger charge is -2.07. The first-order chi connectivity index (χ1) is 12.2. The van der Waals surface area contributed by atoms with Crippen LogP contribution < -0.4 is 0 Å². The fourth-order valence-electron chi connectivity index (χ4n) is 2.03. The molecule has 1 atom stereocenters. The Kier molecular flexibility index (Phi) is 6.22. The van der Waals surface area contributed by atoms with E-state index in [1.807, 2.05) is 0 Å². The Morgan fingerprint density at radius 1 is 1.19 bits per heavy atom. The molecule has 0 heterocycles. The Balaban J connectivity index is 2.13. The molecule has 0 amide bonds. The molecule has 2 rings (SSSR count). The van der Waals surface area contributed by atoms with Gasteiger partial charge in [0.15, 0.2) is 9.84 Å². The highest BCUT2D eigenvalue weighted by molar-refractivity contribution is 7.90. The van der Waals surface area contributed by atoms with E-state index in [4.69, 9.17) is 4.74 Å². The molecule has 0 spiro atoms. The van der Waals surface area contributed by atoms with Crippen LogP contribution in [0.4, 0.5) is 5.69 Å². The normalized spacial score (nSPS) is 12.3. The number of carbonyl (C=O) groups excluding carboxylic acids is 1. The molecule has 0 aliphatic carbocycles. The Morgan fingerprint density at radius 3 is 2.42 bits per heavy atom. The van der Waals surface area contributed by atoms with Crippen molar-refractivity contribution in [3.8, 4) is 0 Å². The van der Waals surface area contributed by atoms with E-state index < -0.39 is 43.0 Å². The molecule has 0 radical (unpaired) electrons. The van der Waals surface area contributed by atoms with Gasteiger partial charge in [0.2, 0.25) is 0 Å². The van der Waals surface area contributed by atoms with Crippen LogP contribution in [0.15, 0.2) is 58.3 Å². The molecule has 138 valence electrons. The monoisotopic (exact) mass is 397 g/mol. The van der Waals surface area contributed by atoms with Crippen LogP contribution in [0.25, 0.3) is 0 Å². The first-order valence-corrected chi connectivity index (χ1v) is 10.5. The van der Waals surface area contributed by atoms with Gasteiger partial charge >= 0.3 is 5.97 Å². The zero-order chi connectivity index (χ0) is 19.3. The highest BCUT2D eigenvalue weighted by atomic mass is 32.2. The summed E-state index contributed by atoms with van der Waals surface area (Å²) in [7, 11) is -5.71. The summed E-state index contributed by atoms with van der Waals surface area (Å²) in [6.07, 6.45) is 0.906. The number of rotatable bonds is 7. The second-order valence-electron chi connectivity index (χ2n) is 5.29. The summed E-state index contributed by atoms with van der Waals surface area (Å²) in [4.78, 5) is 21.6. The topological polar surface area (TPSA) is 121 Å². The number of hydrogen-bond acceptors (Lipinski definition) is 7. The summed E-state index contributed by atoms with van der Waals surface area (Å²) < 4.78 is 40.3. The third-order valence-corrected chi connectivity index (χ3v) is 5.74. The molecule has 0 saturated carbocycles. The minimum atomic E-state index is -3.66. The molecular formula is C16H15NO7S2. The molecule has 2 aromatic carbocycles. The maximum atomic E-state index is 12.3. The second kappa shape index (κ2) is 8.19. The van der Waals surface area contributed by atoms with Gasteiger partial charge in [-0.2, -0.15) is 0 Å². The molecule has 0 bridgehead atoms. The molecule has 8 nitrogen and oxygen atoms in total. The van der Waals surface area contributed by atoms with Gasteiger partial charge in [-0.3, -0.25) is 19.1 Å². The van der Waals surface area contributed by atoms with Gasteiger partial charge in [-0.25, -0.2) is 8.42 Å².